The van der Waals surface area contributed by atoms with Gasteiger partial charge in [-0.3, -0.25) is 4.79 Å². The molecule has 2 atom stereocenters. The number of benzene rings is 2. The first-order valence-electron chi connectivity index (χ1n) is 10.6. The van der Waals surface area contributed by atoms with Crippen molar-refractivity contribution in [2.45, 2.75) is 49.5 Å². The van der Waals surface area contributed by atoms with Crippen molar-refractivity contribution in [2.24, 2.45) is 0 Å². The van der Waals surface area contributed by atoms with E-state index >= 15 is 0 Å². The predicted octanol–water partition coefficient (Wildman–Crippen LogP) is 4.64. The van der Waals surface area contributed by atoms with Gasteiger partial charge >= 0.3 is 0 Å². The number of thioether (sulfide) groups is 1. The van der Waals surface area contributed by atoms with E-state index in [1.54, 1.807) is 0 Å². The van der Waals surface area contributed by atoms with Crippen molar-refractivity contribution in [1.82, 2.24) is 15.3 Å². The number of aryl methyl sites for hydroxylation is 1. The number of nitrogens with zero attached hydrogens (tertiary/aromatic N) is 2. The third kappa shape index (κ3) is 4.65. The monoisotopic (exact) mass is 421 g/mol. The number of hydrogen-bond acceptors (Lipinski definition) is 5. The molecule has 1 fully saturated rings. The molecule has 156 valence electrons. The Labute approximate surface area is 181 Å². The van der Waals surface area contributed by atoms with Crippen LogP contribution in [0.4, 0.5) is 0 Å². The molecule has 0 bridgehead atoms. The molecule has 0 radical (unpaired) electrons. The van der Waals surface area contributed by atoms with Crippen LogP contribution in [0.15, 0.2) is 53.6 Å². The molecule has 0 saturated carbocycles. The van der Waals surface area contributed by atoms with E-state index in [0.717, 1.165) is 47.4 Å². The van der Waals surface area contributed by atoms with Gasteiger partial charge in [0, 0.05) is 24.1 Å². The summed E-state index contributed by atoms with van der Waals surface area (Å²) in [5.74, 6) is 0.702. The minimum Gasteiger partial charge on any atom is -0.376 e. The third-order valence-electron chi connectivity index (χ3n) is 5.37. The molecule has 0 spiro atoms. The molecule has 2 heterocycles. The highest BCUT2D eigenvalue weighted by Gasteiger charge is 2.21. The summed E-state index contributed by atoms with van der Waals surface area (Å²) < 4.78 is 5.61. The van der Waals surface area contributed by atoms with E-state index in [-0.39, 0.29) is 17.3 Å². The van der Waals surface area contributed by atoms with Crippen LogP contribution in [0.25, 0.3) is 22.3 Å². The average molecular weight is 422 g/mol. The van der Waals surface area contributed by atoms with Crippen LogP contribution in [0, 0.1) is 0 Å². The van der Waals surface area contributed by atoms with Crippen molar-refractivity contribution in [3.63, 3.8) is 0 Å². The van der Waals surface area contributed by atoms with Crippen LogP contribution in [0.5, 0.6) is 0 Å². The fourth-order valence-electron chi connectivity index (χ4n) is 3.66. The van der Waals surface area contributed by atoms with Crippen molar-refractivity contribution in [1.29, 1.82) is 0 Å². The van der Waals surface area contributed by atoms with E-state index < -0.39 is 0 Å². The van der Waals surface area contributed by atoms with Gasteiger partial charge in [0.25, 0.3) is 0 Å². The molecule has 1 aliphatic rings. The summed E-state index contributed by atoms with van der Waals surface area (Å²) in [6.45, 7) is 5.42. The van der Waals surface area contributed by atoms with E-state index in [9.17, 15) is 4.79 Å². The molecule has 4 rings (SSSR count). The van der Waals surface area contributed by atoms with Crippen molar-refractivity contribution >= 4 is 28.6 Å². The van der Waals surface area contributed by atoms with E-state index in [4.69, 9.17) is 14.7 Å². The molecule has 30 heavy (non-hydrogen) atoms. The van der Waals surface area contributed by atoms with Gasteiger partial charge < -0.3 is 10.1 Å². The van der Waals surface area contributed by atoms with Gasteiger partial charge in [0.1, 0.15) is 5.03 Å². The first-order chi connectivity index (χ1) is 14.7. The number of ether oxygens (including phenoxy) is 1. The Morgan fingerprint density at radius 1 is 1.20 bits per heavy atom. The Morgan fingerprint density at radius 2 is 2.03 bits per heavy atom. The summed E-state index contributed by atoms with van der Waals surface area (Å²) in [7, 11) is 0. The molecular weight excluding hydrogens is 394 g/mol. The summed E-state index contributed by atoms with van der Waals surface area (Å²) in [5, 5.41) is 4.61. The highest BCUT2D eigenvalue weighted by Crippen LogP contribution is 2.32. The topological polar surface area (TPSA) is 64.1 Å². The lowest BCUT2D eigenvalue weighted by atomic mass is 10.1. The molecule has 0 aliphatic carbocycles. The number of fused-ring (bicyclic) bond motifs is 1. The zero-order valence-electron chi connectivity index (χ0n) is 17.4. The SMILES string of the molecule is CCc1cccc2c(S[C@H](C)C(=O)NC[C@H]3CCCO3)nc(-c3ccccc3)nc12. The third-order valence-corrected chi connectivity index (χ3v) is 6.48. The van der Waals surface area contributed by atoms with Gasteiger partial charge in [0.15, 0.2) is 5.82 Å². The molecule has 1 N–H and O–H groups in total. The smallest absolute Gasteiger partial charge is 0.233 e. The van der Waals surface area contributed by atoms with Gasteiger partial charge in [-0.25, -0.2) is 9.97 Å². The van der Waals surface area contributed by atoms with E-state index in [1.807, 2.05) is 49.4 Å². The first kappa shape index (κ1) is 20.8. The number of rotatable bonds is 7. The van der Waals surface area contributed by atoms with Crippen molar-refractivity contribution in [3.8, 4) is 11.4 Å². The number of amides is 1. The Balaban J connectivity index is 1.62. The number of para-hydroxylation sites is 1. The molecule has 0 unspecified atom stereocenters. The van der Waals surface area contributed by atoms with Crippen LogP contribution in [0.2, 0.25) is 0 Å². The summed E-state index contributed by atoms with van der Waals surface area (Å²) in [4.78, 5) is 22.4. The van der Waals surface area contributed by atoms with Gasteiger partial charge in [0.2, 0.25) is 5.91 Å². The van der Waals surface area contributed by atoms with Crippen LogP contribution >= 0.6 is 11.8 Å². The van der Waals surface area contributed by atoms with Gasteiger partial charge in [-0.15, -0.1) is 0 Å². The lowest BCUT2D eigenvalue weighted by molar-refractivity contribution is -0.120. The largest absolute Gasteiger partial charge is 0.376 e. The first-order valence-corrected chi connectivity index (χ1v) is 11.4. The van der Waals surface area contributed by atoms with Crippen LogP contribution in [-0.2, 0) is 16.0 Å². The normalized spacial score (nSPS) is 17.2. The van der Waals surface area contributed by atoms with Gasteiger partial charge in [0.05, 0.1) is 16.9 Å². The minimum atomic E-state index is -0.265. The second kappa shape index (κ2) is 9.58. The van der Waals surface area contributed by atoms with E-state index in [2.05, 4.69) is 18.3 Å². The molecule has 6 heteroatoms. The van der Waals surface area contributed by atoms with Crippen molar-refractivity contribution in [3.05, 3.63) is 54.1 Å². The van der Waals surface area contributed by atoms with Crippen molar-refractivity contribution < 1.29 is 9.53 Å². The highest BCUT2D eigenvalue weighted by molar-refractivity contribution is 8.00. The van der Waals surface area contributed by atoms with E-state index in [0.29, 0.717) is 12.4 Å². The van der Waals surface area contributed by atoms with Crippen molar-refractivity contribution in [2.75, 3.05) is 13.2 Å². The number of aromatic nitrogens is 2. The average Bonchev–Trinajstić information content (AvgIpc) is 3.31. The Morgan fingerprint density at radius 3 is 2.77 bits per heavy atom. The molecule has 1 aromatic heterocycles. The molecule has 5 nitrogen and oxygen atoms in total. The number of hydrogen-bond donors (Lipinski definition) is 1. The minimum absolute atomic E-state index is 0.00942. The van der Waals surface area contributed by atoms with E-state index in [1.165, 1.54) is 17.3 Å². The fraction of sp³-hybridized carbons (Fsp3) is 0.375. The summed E-state index contributed by atoms with van der Waals surface area (Å²) in [6.07, 6.45) is 3.12. The van der Waals surface area contributed by atoms with Crippen LogP contribution < -0.4 is 5.32 Å². The van der Waals surface area contributed by atoms with Crippen LogP contribution in [-0.4, -0.2) is 40.4 Å². The standard InChI is InChI=1S/C24H27N3O2S/c1-3-17-11-7-13-20-21(17)26-22(18-9-5-4-6-10-18)27-24(20)30-16(2)23(28)25-15-19-12-8-14-29-19/h4-7,9-11,13,16,19H,3,8,12,14-15H2,1-2H3,(H,25,28)/t16-,19-/m1/s1. The van der Waals surface area contributed by atoms with Gasteiger partial charge in [-0.05, 0) is 31.7 Å². The fourth-order valence-corrected chi connectivity index (χ4v) is 4.62. The van der Waals surface area contributed by atoms with Crippen LogP contribution in [0.1, 0.15) is 32.3 Å². The van der Waals surface area contributed by atoms with Crippen LogP contribution in [0.3, 0.4) is 0 Å². The molecule has 1 saturated heterocycles. The molecule has 2 aromatic carbocycles. The second-order valence-corrected chi connectivity index (χ2v) is 8.86. The summed E-state index contributed by atoms with van der Waals surface area (Å²) in [5.41, 5.74) is 3.12. The lowest BCUT2D eigenvalue weighted by Crippen LogP contribution is -2.36. The second-order valence-electron chi connectivity index (χ2n) is 7.53. The molecule has 1 amide bonds. The predicted molar refractivity (Wildman–Crippen MR) is 122 cm³/mol. The number of carbonyl (C=O) groups excluding carboxylic acids is 1. The molecular formula is C24H27N3O2S. The quantitative estimate of drug-likeness (QED) is 0.445. The zero-order valence-corrected chi connectivity index (χ0v) is 18.2. The summed E-state index contributed by atoms with van der Waals surface area (Å²) >= 11 is 1.49. The Hall–Kier alpha value is -2.44. The highest BCUT2D eigenvalue weighted by atomic mass is 32.2. The number of nitrogens with one attached hydrogen (secondary N) is 1. The maximum Gasteiger partial charge on any atom is 0.233 e. The lowest BCUT2D eigenvalue weighted by Gasteiger charge is -2.16. The molecule has 3 aromatic rings. The Bertz CT molecular complexity index is 1020. The zero-order chi connectivity index (χ0) is 20.9. The summed E-state index contributed by atoms with van der Waals surface area (Å²) in [6, 6.07) is 16.2. The van der Waals surface area contributed by atoms with Gasteiger partial charge in [-0.2, -0.15) is 0 Å². The number of carbonyl (C=O) groups is 1. The Kier molecular flexibility index (Phi) is 6.65. The molecule has 1 aliphatic heterocycles. The maximum absolute atomic E-state index is 12.7. The maximum atomic E-state index is 12.7. The van der Waals surface area contributed by atoms with Gasteiger partial charge in [-0.1, -0.05) is 67.2 Å².